The molecule has 0 bridgehead atoms. The molecule has 4 rings (SSSR count). The predicted octanol–water partition coefficient (Wildman–Crippen LogP) is 4.91. The molecular weight excluding hydrogens is 430 g/mol. The molecular formula is C26H29N5O3. The molecule has 0 saturated carbocycles. The van der Waals surface area contributed by atoms with Crippen molar-refractivity contribution in [1.29, 1.82) is 0 Å². The Morgan fingerprint density at radius 3 is 2.44 bits per heavy atom. The summed E-state index contributed by atoms with van der Waals surface area (Å²) in [4.78, 5) is 32.3. The van der Waals surface area contributed by atoms with E-state index in [9.17, 15) is 9.59 Å². The lowest BCUT2D eigenvalue weighted by atomic mass is 10.1. The van der Waals surface area contributed by atoms with Gasteiger partial charge in [0, 0.05) is 24.3 Å². The molecule has 34 heavy (non-hydrogen) atoms. The lowest BCUT2D eigenvalue weighted by Crippen LogP contribution is -2.35. The van der Waals surface area contributed by atoms with Crippen molar-refractivity contribution in [3.63, 3.8) is 0 Å². The first-order valence-electron chi connectivity index (χ1n) is 11.2. The van der Waals surface area contributed by atoms with E-state index in [1.54, 1.807) is 24.0 Å². The molecule has 8 nitrogen and oxygen atoms in total. The summed E-state index contributed by atoms with van der Waals surface area (Å²) in [5.41, 5.74) is 4.30. The Labute approximate surface area is 198 Å². The number of carbonyl (C=O) groups excluding carboxylic acids is 2. The van der Waals surface area contributed by atoms with Crippen molar-refractivity contribution in [1.82, 2.24) is 19.7 Å². The fourth-order valence-electron chi connectivity index (χ4n) is 3.93. The Bertz CT molecular complexity index is 1370. The van der Waals surface area contributed by atoms with Crippen molar-refractivity contribution in [2.24, 2.45) is 0 Å². The lowest BCUT2D eigenvalue weighted by molar-refractivity contribution is -0.116. The summed E-state index contributed by atoms with van der Waals surface area (Å²) < 4.78 is 7.49. The summed E-state index contributed by atoms with van der Waals surface area (Å²) in [5.74, 6) is 0.937. The Morgan fingerprint density at radius 1 is 1.12 bits per heavy atom. The number of anilines is 1. The maximum atomic E-state index is 13.5. The van der Waals surface area contributed by atoms with E-state index in [4.69, 9.17) is 9.40 Å². The summed E-state index contributed by atoms with van der Waals surface area (Å²) in [6.07, 6.45) is 1.66. The van der Waals surface area contributed by atoms with Crippen molar-refractivity contribution in [2.45, 2.75) is 40.7 Å². The number of hydrogen-bond donors (Lipinski definition) is 1. The zero-order valence-corrected chi connectivity index (χ0v) is 20.3. The van der Waals surface area contributed by atoms with Gasteiger partial charge in [-0.05, 0) is 58.9 Å². The second kappa shape index (κ2) is 9.13. The van der Waals surface area contributed by atoms with Crippen LogP contribution in [0, 0.1) is 20.8 Å². The summed E-state index contributed by atoms with van der Waals surface area (Å²) in [5, 5.41) is 7.94. The molecule has 0 aliphatic rings. The largest absolute Gasteiger partial charge is 0.466 e. The van der Waals surface area contributed by atoms with E-state index >= 15 is 0 Å². The smallest absolute Gasteiger partial charge is 0.254 e. The molecule has 0 aliphatic heterocycles. The predicted molar refractivity (Wildman–Crippen MR) is 132 cm³/mol. The Hall–Kier alpha value is -3.94. The second-order valence-corrected chi connectivity index (χ2v) is 8.88. The van der Waals surface area contributed by atoms with Crippen LogP contribution in [-0.4, -0.2) is 45.1 Å². The first-order chi connectivity index (χ1) is 16.1. The minimum Gasteiger partial charge on any atom is -0.466 e. The second-order valence-electron chi connectivity index (χ2n) is 8.88. The highest BCUT2D eigenvalue weighted by Gasteiger charge is 2.23. The van der Waals surface area contributed by atoms with Crippen molar-refractivity contribution in [3.8, 4) is 11.3 Å². The van der Waals surface area contributed by atoms with Gasteiger partial charge in [-0.3, -0.25) is 9.59 Å². The average molecular weight is 460 g/mol. The van der Waals surface area contributed by atoms with E-state index in [-0.39, 0.29) is 24.4 Å². The Morgan fingerprint density at radius 2 is 1.82 bits per heavy atom. The van der Waals surface area contributed by atoms with Gasteiger partial charge in [0.15, 0.2) is 5.65 Å². The van der Waals surface area contributed by atoms with E-state index < -0.39 is 0 Å². The van der Waals surface area contributed by atoms with Crippen LogP contribution in [0.1, 0.15) is 47.3 Å². The molecule has 8 heteroatoms. The van der Waals surface area contributed by atoms with E-state index in [2.05, 4.69) is 10.4 Å². The number of amides is 2. The molecule has 0 atom stereocenters. The fraction of sp³-hybridized carbons (Fsp3) is 0.308. The number of hydrogen-bond acceptors (Lipinski definition) is 5. The molecule has 0 saturated heterocycles. The van der Waals surface area contributed by atoms with Crippen LogP contribution in [0.5, 0.6) is 0 Å². The van der Waals surface area contributed by atoms with Crippen LogP contribution in [0.25, 0.3) is 22.3 Å². The minimum atomic E-state index is -0.283. The maximum Gasteiger partial charge on any atom is 0.254 e. The standard InChI is InChI=1S/C26H29N5O3/c1-15(2)31-25-22(13-27-31)21(12-23(29-25)20-11-17(4)34-18(20)5)26(33)30(6)14-24(32)28-19-9-7-16(3)8-10-19/h7-13,15H,14H2,1-6H3,(H,28,32). The maximum absolute atomic E-state index is 13.5. The molecule has 0 spiro atoms. The number of rotatable bonds is 6. The molecule has 3 heterocycles. The van der Waals surface area contributed by atoms with Crippen molar-refractivity contribution >= 4 is 28.5 Å². The lowest BCUT2D eigenvalue weighted by Gasteiger charge is -2.18. The zero-order valence-electron chi connectivity index (χ0n) is 20.3. The number of aryl methyl sites for hydroxylation is 3. The van der Waals surface area contributed by atoms with Crippen LogP contribution in [0.4, 0.5) is 5.69 Å². The number of aromatic nitrogens is 3. The molecule has 3 aromatic heterocycles. The van der Waals surface area contributed by atoms with E-state index in [1.807, 2.05) is 65.0 Å². The van der Waals surface area contributed by atoms with Crippen LogP contribution in [-0.2, 0) is 4.79 Å². The van der Waals surface area contributed by atoms with Crippen LogP contribution in [0.3, 0.4) is 0 Å². The molecule has 176 valence electrons. The number of nitrogens with one attached hydrogen (secondary N) is 1. The Balaban J connectivity index is 1.67. The van der Waals surface area contributed by atoms with Crippen molar-refractivity contribution in [3.05, 3.63) is 65.2 Å². The molecule has 0 radical (unpaired) electrons. The number of likely N-dealkylation sites (N-methyl/N-ethyl adjacent to an activating group) is 1. The molecule has 0 fully saturated rings. The molecule has 0 aliphatic carbocycles. The fourth-order valence-corrected chi connectivity index (χ4v) is 3.93. The van der Waals surface area contributed by atoms with Crippen LogP contribution in [0.2, 0.25) is 0 Å². The molecule has 4 aromatic rings. The highest BCUT2D eigenvalue weighted by molar-refractivity contribution is 6.08. The zero-order chi connectivity index (χ0) is 24.6. The summed E-state index contributed by atoms with van der Waals surface area (Å²) in [6.45, 7) is 9.66. The Kier molecular flexibility index (Phi) is 6.24. The third kappa shape index (κ3) is 4.57. The SMILES string of the molecule is Cc1ccc(NC(=O)CN(C)C(=O)c2cc(-c3cc(C)oc3C)nc3c2cnn3C(C)C)cc1. The quantitative estimate of drug-likeness (QED) is 0.442. The van der Waals surface area contributed by atoms with Crippen LogP contribution in [0.15, 0.2) is 47.0 Å². The van der Waals surface area contributed by atoms with Gasteiger partial charge in [0.1, 0.15) is 11.5 Å². The van der Waals surface area contributed by atoms with Crippen LogP contribution >= 0.6 is 0 Å². The van der Waals surface area contributed by atoms with Gasteiger partial charge in [0.05, 0.1) is 29.4 Å². The summed E-state index contributed by atoms with van der Waals surface area (Å²) in [6, 6.07) is 11.2. The molecule has 1 aromatic carbocycles. The summed E-state index contributed by atoms with van der Waals surface area (Å²) >= 11 is 0. The van der Waals surface area contributed by atoms with Gasteiger partial charge in [-0.1, -0.05) is 17.7 Å². The van der Waals surface area contributed by atoms with Gasteiger partial charge in [-0.25, -0.2) is 9.67 Å². The number of pyridine rings is 1. The van der Waals surface area contributed by atoms with Gasteiger partial charge >= 0.3 is 0 Å². The number of carbonyl (C=O) groups is 2. The normalized spacial score (nSPS) is 11.3. The molecule has 0 unspecified atom stereocenters. The van der Waals surface area contributed by atoms with E-state index in [1.165, 1.54) is 4.90 Å². The van der Waals surface area contributed by atoms with Crippen molar-refractivity contribution in [2.75, 3.05) is 18.9 Å². The van der Waals surface area contributed by atoms with Gasteiger partial charge in [-0.2, -0.15) is 5.10 Å². The first kappa shape index (κ1) is 23.2. The third-order valence-corrected chi connectivity index (χ3v) is 5.67. The van der Waals surface area contributed by atoms with Gasteiger partial charge < -0.3 is 14.6 Å². The van der Waals surface area contributed by atoms with Gasteiger partial charge in [0.25, 0.3) is 5.91 Å². The van der Waals surface area contributed by atoms with Gasteiger partial charge in [0.2, 0.25) is 5.91 Å². The first-order valence-corrected chi connectivity index (χ1v) is 11.2. The molecule has 1 N–H and O–H groups in total. The number of furan rings is 1. The number of fused-ring (bicyclic) bond motifs is 1. The monoisotopic (exact) mass is 459 g/mol. The highest BCUT2D eigenvalue weighted by Crippen LogP contribution is 2.30. The van der Waals surface area contributed by atoms with Gasteiger partial charge in [-0.15, -0.1) is 0 Å². The molecule has 2 amide bonds. The number of nitrogens with zero attached hydrogens (tertiary/aromatic N) is 4. The third-order valence-electron chi connectivity index (χ3n) is 5.67. The van der Waals surface area contributed by atoms with Crippen molar-refractivity contribution < 1.29 is 14.0 Å². The topological polar surface area (TPSA) is 93.3 Å². The highest BCUT2D eigenvalue weighted by atomic mass is 16.3. The van der Waals surface area contributed by atoms with Crippen LogP contribution < -0.4 is 5.32 Å². The van der Waals surface area contributed by atoms with E-state index in [0.717, 1.165) is 22.6 Å². The average Bonchev–Trinajstić information content (AvgIpc) is 3.36. The van der Waals surface area contributed by atoms with E-state index in [0.29, 0.717) is 28.0 Å². The summed E-state index contributed by atoms with van der Waals surface area (Å²) in [7, 11) is 1.61. The number of benzene rings is 1. The minimum absolute atomic E-state index is 0.0633.